The highest BCUT2D eigenvalue weighted by molar-refractivity contribution is 6.33. The van der Waals surface area contributed by atoms with Crippen molar-refractivity contribution in [3.05, 3.63) is 95.0 Å². The van der Waals surface area contributed by atoms with Crippen molar-refractivity contribution in [3.8, 4) is 11.1 Å². The monoisotopic (exact) mass is 321 g/mol. The van der Waals surface area contributed by atoms with E-state index in [1.165, 1.54) is 5.56 Å². The summed E-state index contributed by atoms with van der Waals surface area (Å²) in [6, 6.07) is 25.9. The maximum atomic E-state index is 6.08. The molecular weight excluding hydrogens is 306 g/mol. The first-order valence-electron chi connectivity index (χ1n) is 7.38. The summed E-state index contributed by atoms with van der Waals surface area (Å²) < 4.78 is 0. The Labute approximate surface area is 141 Å². The van der Waals surface area contributed by atoms with Gasteiger partial charge in [0.1, 0.15) is 6.61 Å². The van der Waals surface area contributed by atoms with Crippen LogP contribution >= 0.6 is 11.6 Å². The minimum absolute atomic E-state index is 0.409. The van der Waals surface area contributed by atoms with Gasteiger partial charge in [0, 0.05) is 10.6 Å². The highest BCUT2D eigenvalue weighted by Gasteiger charge is 2.04. The number of oxime groups is 1. The summed E-state index contributed by atoms with van der Waals surface area (Å²) in [4.78, 5) is 5.45. The third-order valence-corrected chi connectivity index (χ3v) is 3.84. The molecule has 3 heteroatoms. The second-order valence-corrected chi connectivity index (χ2v) is 5.46. The van der Waals surface area contributed by atoms with E-state index in [0.29, 0.717) is 11.6 Å². The summed E-state index contributed by atoms with van der Waals surface area (Å²) >= 11 is 6.08. The SMILES string of the molecule is Clc1ccccc1C=NOCc1ccccc1-c1ccccc1. The molecule has 0 aromatic heterocycles. The van der Waals surface area contributed by atoms with Gasteiger partial charge < -0.3 is 4.84 Å². The molecule has 2 nitrogen and oxygen atoms in total. The van der Waals surface area contributed by atoms with E-state index in [2.05, 4.69) is 23.4 Å². The summed E-state index contributed by atoms with van der Waals surface area (Å²) in [5.41, 5.74) is 4.25. The molecule has 114 valence electrons. The zero-order valence-corrected chi connectivity index (χ0v) is 13.3. The lowest BCUT2D eigenvalue weighted by Crippen LogP contribution is -1.92. The average Bonchev–Trinajstić information content (AvgIpc) is 2.61. The minimum atomic E-state index is 0.409. The van der Waals surface area contributed by atoms with Gasteiger partial charge in [0.2, 0.25) is 0 Å². The molecule has 0 saturated carbocycles. The topological polar surface area (TPSA) is 21.6 Å². The lowest BCUT2D eigenvalue weighted by atomic mass is 10.0. The molecule has 0 fully saturated rings. The van der Waals surface area contributed by atoms with Crippen LogP contribution in [0.4, 0.5) is 0 Å². The Balaban J connectivity index is 1.71. The lowest BCUT2D eigenvalue weighted by Gasteiger charge is -2.08. The van der Waals surface area contributed by atoms with Gasteiger partial charge in [0.25, 0.3) is 0 Å². The fraction of sp³-hybridized carbons (Fsp3) is 0.0500. The zero-order chi connectivity index (χ0) is 15.9. The maximum absolute atomic E-state index is 6.08. The first-order chi connectivity index (χ1) is 11.3. The molecule has 0 saturated heterocycles. The van der Waals surface area contributed by atoms with Crippen LogP contribution in [0.2, 0.25) is 5.02 Å². The van der Waals surface area contributed by atoms with Crippen LogP contribution in [-0.2, 0) is 11.4 Å². The van der Waals surface area contributed by atoms with Gasteiger partial charge in [-0.1, -0.05) is 89.6 Å². The fourth-order valence-corrected chi connectivity index (χ4v) is 2.51. The van der Waals surface area contributed by atoms with E-state index >= 15 is 0 Å². The molecule has 0 unspecified atom stereocenters. The molecule has 3 rings (SSSR count). The third kappa shape index (κ3) is 3.99. The molecule has 0 N–H and O–H groups in total. The van der Waals surface area contributed by atoms with E-state index in [1.54, 1.807) is 6.21 Å². The van der Waals surface area contributed by atoms with Crippen LogP contribution < -0.4 is 0 Å². The van der Waals surface area contributed by atoms with Crippen molar-refractivity contribution >= 4 is 17.8 Å². The Morgan fingerprint density at radius 3 is 2.35 bits per heavy atom. The number of hydrogen-bond donors (Lipinski definition) is 0. The molecule has 0 radical (unpaired) electrons. The Hall–Kier alpha value is -2.58. The molecular formula is C20H16ClNO. The van der Waals surface area contributed by atoms with Crippen molar-refractivity contribution in [1.82, 2.24) is 0 Å². The van der Waals surface area contributed by atoms with Crippen LogP contribution in [0.1, 0.15) is 11.1 Å². The average molecular weight is 322 g/mol. The van der Waals surface area contributed by atoms with Gasteiger partial charge >= 0.3 is 0 Å². The van der Waals surface area contributed by atoms with E-state index < -0.39 is 0 Å². The minimum Gasteiger partial charge on any atom is -0.391 e. The summed E-state index contributed by atoms with van der Waals surface area (Å²) in [5.74, 6) is 0. The molecule has 3 aromatic rings. The van der Waals surface area contributed by atoms with Crippen LogP contribution in [0.15, 0.2) is 84.0 Å². The molecule has 23 heavy (non-hydrogen) atoms. The first kappa shape index (κ1) is 15.3. The summed E-state index contributed by atoms with van der Waals surface area (Å²) in [5, 5.41) is 4.68. The Bertz CT molecular complexity index is 800. The van der Waals surface area contributed by atoms with Gasteiger partial charge in [-0.25, -0.2) is 0 Å². The summed E-state index contributed by atoms with van der Waals surface area (Å²) in [7, 11) is 0. The van der Waals surface area contributed by atoms with E-state index in [4.69, 9.17) is 16.4 Å². The molecule has 0 aliphatic heterocycles. The molecule has 0 spiro atoms. The van der Waals surface area contributed by atoms with Crippen molar-refractivity contribution < 1.29 is 4.84 Å². The molecule has 3 aromatic carbocycles. The van der Waals surface area contributed by atoms with Crippen LogP contribution in [0, 0.1) is 0 Å². The number of benzene rings is 3. The molecule has 0 aliphatic rings. The highest BCUT2D eigenvalue weighted by atomic mass is 35.5. The number of halogens is 1. The van der Waals surface area contributed by atoms with Gasteiger partial charge in [-0.2, -0.15) is 0 Å². The van der Waals surface area contributed by atoms with E-state index in [0.717, 1.165) is 16.7 Å². The van der Waals surface area contributed by atoms with Gasteiger partial charge in [-0.15, -0.1) is 0 Å². The van der Waals surface area contributed by atoms with E-state index in [9.17, 15) is 0 Å². The Kier molecular flexibility index (Phi) is 5.07. The lowest BCUT2D eigenvalue weighted by molar-refractivity contribution is 0.132. The number of rotatable bonds is 5. The Morgan fingerprint density at radius 1 is 0.826 bits per heavy atom. The predicted octanol–water partition coefficient (Wildman–Crippen LogP) is 5.56. The standard InChI is InChI=1S/C20H16ClNO/c21-20-13-7-5-10-17(20)14-22-23-15-18-11-4-6-12-19(18)16-8-2-1-3-9-16/h1-14H,15H2. The van der Waals surface area contributed by atoms with Crippen LogP contribution in [0.25, 0.3) is 11.1 Å². The molecule has 0 aliphatic carbocycles. The smallest absolute Gasteiger partial charge is 0.142 e. The second-order valence-electron chi connectivity index (χ2n) is 5.05. The zero-order valence-electron chi connectivity index (χ0n) is 12.5. The van der Waals surface area contributed by atoms with Crippen molar-refractivity contribution in [2.45, 2.75) is 6.61 Å². The van der Waals surface area contributed by atoms with Crippen LogP contribution in [-0.4, -0.2) is 6.21 Å². The first-order valence-corrected chi connectivity index (χ1v) is 7.75. The molecule has 0 bridgehead atoms. The van der Waals surface area contributed by atoms with Crippen LogP contribution in [0.3, 0.4) is 0 Å². The van der Waals surface area contributed by atoms with Crippen molar-refractivity contribution in [1.29, 1.82) is 0 Å². The largest absolute Gasteiger partial charge is 0.391 e. The van der Waals surface area contributed by atoms with Gasteiger partial charge in [0.05, 0.1) is 6.21 Å². The maximum Gasteiger partial charge on any atom is 0.142 e. The van der Waals surface area contributed by atoms with Crippen molar-refractivity contribution in [2.24, 2.45) is 5.16 Å². The van der Waals surface area contributed by atoms with Crippen molar-refractivity contribution in [3.63, 3.8) is 0 Å². The van der Waals surface area contributed by atoms with E-state index in [-0.39, 0.29) is 0 Å². The predicted molar refractivity (Wildman–Crippen MR) is 95.7 cm³/mol. The van der Waals surface area contributed by atoms with E-state index in [1.807, 2.05) is 60.7 Å². The number of hydrogen-bond acceptors (Lipinski definition) is 2. The second kappa shape index (κ2) is 7.61. The fourth-order valence-electron chi connectivity index (χ4n) is 2.33. The normalized spacial score (nSPS) is 10.8. The van der Waals surface area contributed by atoms with Gasteiger partial charge in [-0.3, -0.25) is 0 Å². The van der Waals surface area contributed by atoms with Gasteiger partial charge in [0.15, 0.2) is 0 Å². The summed E-state index contributed by atoms with van der Waals surface area (Å²) in [6.07, 6.45) is 1.63. The summed E-state index contributed by atoms with van der Waals surface area (Å²) in [6.45, 7) is 0.409. The molecule has 0 atom stereocenters. The molecule has 0 amide bonds. The highest BCUT2D eigenvalue weighted by Crippen LogP contribution is 2.24. The Morgan fingerprint density at radius 2 is 1.52 bits per heavy atom. The van der Waals surface area contributed by atoms with Crippen LogP contribution in [0.5, 0.6) is 0 Å². The van der Waals surface area contributed by atoms with Crippen molar-refractivity contribution in [2.75, 3.05) is 0 Å². The van der Waals surface area contributed by atoms with Gasteiger partial charge in [-0.05, 0) is 22.8 Å². The number of nitrogens with zero attached hydrogens (tertiary/aromatic N) is 1. The third-order valence-electron chi connectivity index (χ3n) is 3.49. The molecule has 0 heterocycles. The quantitative estimate of drug-likeness (QED) is 0.445.